The van der Waals surface area contributed by atoms with Gasteiger partial charge in [-0.05, 0) is 37.1 Å². The molecule has 3 nitrogen and oxygen atoms in total. The Bertz CT molecular complexity index is 498. The number of halogens is 1. The molecule has 100 valence electrons. The van der Waals surface area contributed by atoms with E-state index in [1.807, 2.05) is 7.05 Å². The summed E-state index contributed by atoms with van der Waals surface area (Å²) in [7, 11) is -1.03. The summed E-state index contributed by atoms with van der Waals surface area (Å²) in [4.78, 5) is 0. The number of likely N-dealkylation sites (N-methyl/N-ethyl adjacent to an activating group) is 1. The third kappa shape index (κ3) is 3.09. The van der Waals surface area contributed by atoms with E-state index in [0.29, 0.717) is 13.0 Å². The van der Waals surface area contributed by atoms with Crippen LogP contribution in [0.25, 0.3) is 0 Å². The number of sulfone groups is 1. The number of nitrogens with one attached hydrogen (secondary N) is 1. The molecule has 18 heavy (non-hydrogen) atoms. The van der Waals surface area contributed by atoms with Crippen LogP contribution in [0.15, 0.2) is 24.3 Å². The van der Waals surface area contributed by atoms with E-state index >= 15 is 0 Å². The van der Waals surface area contributed by atoms with Gasteiger partial charge in [0.15, 0.2) is 9.84 Å². The van der Waals surface area contributed by atoms with Crippen LogP contribution in [0.5, 0.6) is 0 Å². The summed E-state index contributed by atoms with van der Waals surface area (Å²) >= 11 is 0. The van der Waals surface area contributed by atoms with Crippen molar-refractivity contribution in [3.05, 3.63) is 35.6 Å². The zero-order valence-corrected chi connectivity index (χ0v) is 11.2. The molecule has 1 heterocycles. The Morgan fingerprint density at radius 2 is 2.06 bits per heavy atom. The van der Waals surface area contributed by atoms with Crippen LogP contribution in [0.3, 0.4) is 0 Å². The van der Waals surface area contributed by atoms with Gasteiger partial charge >= 0.3 is 0 Å². The first-order valence-corrected chi connectivity index (χ1v) is 7.94. The van der Waals surface area contributed by atoms with Crippen molar-refractivity contribution in [2.75, 3.05) is 25.1 Å². The highest BCUT2D eigenvalue weighted by atomic mass is 32.2. The minimum absolute atomic E-state index is 0.132. The first-order valence-electron chi connectivity index (χ1n) is 6.12. The van der Waals surface area contributed by atoms with E-state index in [9.17, 15) is 12.8 Å². The summed E-state index contributed by atoms with van der Waals surface area (Å²) in [6.07, 6.45) is 0.700. The molecule has 0 aliphatic carbocycles. The Morgan fingerprint density at radius 1 is 1.39 bits per heavy atom. The van der Waals surface area contributed by atoms with Crippen LogP contribution in [0.1, 0.15) is 17.9 Å². The van der Waals surface area contributed by atoms with Crippen LogP contribution in [-0.2, 0) is 9.84 Å². The molecule has 1 aromatic rings. The van der Waals surface area contributed by atoms with Gasteiger partial charge in [0.05, 0.1) is 11.5 Å². The lowest BCUT2D eigenvalue weighted by atomic mass is 9.85. The summed E-state index contributed by atoms with van der Waals surface area (Å²) in [5.74, 6) is 0.525. The second-order valence-electron chi connectivity index (χ2n) is 4.88. The van der Waals surface area contributed by atoms with Crippen LogP contribution in [0.4, 0.5) is 4.39 Å². The summed E-state index contributed by atoms with van der Waals surface area (Å²) in [5, 5.41) is 3.10. The van der Waals surface area contributed by atoms with Gasteiger partial charge in [-0.2, -0.15) is 0 Å². The predicted molar refractivity (Wildman–Crippen MR) is 69.8 cm³/mol. The standard InChI is InChI=1S/C13H18FNO2S/c1-15-8-13(10-2-4-12(14)5-3-10)11-6-7-18(16,17)9-11/h2-5,11,13,15H,6-9H2,1H3. The van der Waals surface area contributed by atoms with E-state index in [1.165, 1.54) is 12.1 Å². The fourth-order valence-electron chi connectivity index (χ4n) is 2.63. The van der Waals surface area contributed by atoms with Crippen molar-refractivity contribution in [2.45, 2.75) is 12.3 Å². The highest BCUT2D eigenvalue weighted by Gasteiger charge is 2.34. The van der Waals surface area contributed by atoms with Crippen LogP contribution in [0, 0.1) is 11.7 Å². The van der Waals surface area contributed by atoms with E-state index < -0.39 is 9.84 Å². The van der Waals surface area contributed by atoms with Crippen molar-refractivity contribution in [1.29, 1.82) is 0 Å². The molecule has 1 N–H and O–H groups in total. The monoisotopic (exact) mass is 271 g/mol. The van der Waals surface area contributed by atoms with Crippen molar-refractivity contribution in [1.82, 2.24) is 5.32 Å². The molecule has 1 aromatic carbocycles. The van der Waals surface area contributed by atoms with Gasteiger partial charge in [0.1, 0.15) is 5.82 Å². The third-order valence-electron chi connectivity index (χ3n) is 3.56. The van der Waals surface area contributed by atoms with E-state index in [0.717, 1.165) is 5.56 Å². The van der Waals surface area contributed by atoms with Gasteiger partial charge in [-0.25, -0.2) is 12.8 Å². The molecule has 5 heteroatoms. The largest absolute Gasteiger partial charge is 0.319 e. The van der Waals surface area contributed by atoms with Gasteiger partial charge in [0.2, 0.25) is 0 Å². The first-order chi connectivity index (χ1) is 8.52. The molecular formula is C13H18FNO2S. The van der Waals surface area contributed by atoms with Gasteiger partial charge in [-0.15, -0.1) is 0 Å². The highest BCUT2D eigenvalue weighted by molar-refractivity contribution is 7.91. The molecule has 0 spiro atoms. The maximum Gasteiger partial charge on any atom is 0.150 e. The van der Waals surface area contributed by atoms with Crippen LogP contribution >= 0.6 is 0 Å². The minimum atomic E-state index is -2.88. The topological polar surface area (TPSA) is 46.2 Å². The molecule has 0 saturated carbocycles. The first kappa shape index (κ1) is 13.5. The normalized spacial score (nSPS) is 24.0. The predicted octanol–water partition coefficient (Wildman–Crippen LogP) is 1.56. The maximum absolute atomic E-state index is 12.9. The second-order valence-corrected chi connectivity index (χ2v) is 7.11. The fraction of sp³-hybridized carbons (Fsp3) is 0.538. The van der Waals surface area contributed by atoms with Crippen molar-refractivity contribution in [3.63, 3.8) is 0 Å². The molecule has 1 saturated heterocycles. The van der Waals surface area contributed by atoms with Gasteiger partial charge in [0.25, 0.3) is 0 Å². The number of benzene rings is 1. The van der Waals surface area contributed by atoms with Crippen LogP contribution in [-0.4, -0.2) is 33.5 Å². The zero-order chi connectivity index (χ0) is 13.2. The molecular weight excluding hydrogens is 253 g/mol. The van der Waals surface area contributed by atoms with Gasteiger partial charge in [0, 0.05) is 12.5 Å². The summed E-state index contributed by atoms with van der Waals surface area (Å²) in [6, 6.07) is 6.37. The number of hydrogen-bond acceptors (Lipinski definition) is 3. The maximum atomic E-state index is 12.9. The fourth-order valence-corrected chi connectivity index (χ4v) is 4.51. The molecule has 2 atom stereocenters. The Kier molecular flexibility index (Phi) is 4.02. The quantitative estimate of drug-likeness (QED) is 0.904. The molecule has 0 radical (unpaired) electrons. The number of hydrogen-bond donors (Lipinski definition) is 1. The molecule has 2 unspecified atom stereocenters. The number of rotatable bonds is 4. The van der Waals surface area contributed by atoms with Gasteiger partial charge in [-0.3, -0.25) is 0 Å². The SMILES string of the molecule is CNCC(c1ccc(F)cc1)C1CCS(=O)(=O)C1. The molecule has 0 bridgehead atoms. The lowest BCUT2D eigenvalue weighted by Crippen LogP contribution is -2.25. The van der Waals surface area contributed by atoms with Gasteiger partial charge in [-0.1, -0.05) is 12.1 Å². The van der Waals surface area contributed by atoms with E-state index in [1.54, 1.807) is 12.1 Å². The summed E-state index contributed by atoms with van der Waals surface area (Å²) in [6.45, 7) is 0.714. The summed E-state index contributed by atoms with van der Waals surface area (Å²) in [5.41, 5.74) is 1.01. The smallest absolute Gasteiger partial charge is 0.150 e. The van der Waals surface area contributed by atoms with Crippen LogP contribution < -0.4 is 5.32 Å². The van der Waals surface area contributed by atoms with Crippen LogP contribution in [0.2, 0.25) is 0 Å². The molecule has 0 aromatic heterocycles. The van der Waals surface area contributed by atoms with E-state index in [4.69, 9.17) is 0 Å². The zero-order valence-electron chi connectivity index (χ0n) is 10.4. The third-order valence-corrected chi connectivity index (χ3v) is 5.35. The summed E-state index contributed by atoms with van der Waals surface area (Å²) < 4.78 is 36.0. The second kappa shape index (κ2) is 5.36. The molecule has 0 amide bonds. The Hall–Kier alpha value is -0.940. The Morgan fingerprint density at radius 3 is 2.56 bits per heavy atom. The van der Waals surface area contributed by atoms with E-state index in [2.05, 4.69) is 5.32 Å². The average molecular weight is 271 g/mol. The Balaban J connectivity index is 2.21. The van der Waals surface area contributed by atoms with Crippen molar-refractivity contribution in [3.8, 4) is 0 Å². The van der Waals surface area contributed by atoms with Gasteiger partial charge < -0.3 is 5.32 Å². The Labute approximate surface area is 107 Å². The average Bonchev–Trinajstić information content (AvgIpc) is 2.68. The molecule has 1 aliphatic rings. The molecule has 2 rings (SSSR count). The lowest BCUT2D eigenvalue weighted by molar-refractivity contribution is 0.450. The lowest BCUT2D eigenvalue weighted by Gasteiger charge is -2.22. The van der Waals surface area contributed by atoms with Crippen molar-refractivity contribution in [2.24, 2.45) is 5.92 Å². The molecule has 1 aliphatic heterocycles. The molecule has 1 fully saturated rings. The highest BCUT2D eigenvalue weighted by Crippen LogP contribution is 2.32. The van der Waals surface area contributed by atoms with Crippen molar-refractivity contribution >= 4 is 9.84 Å². The van der Waals surface area contributed by atoms with E-state index in [-0.39, 0.29) is 29.2 Å². The van der Waals surface area contributed by atoms with Crippen molar-refractivity contribution < 1.29 is 12.8 Å². The minimum Gasteiger partial charge on any atom is -0.319 e.